The number of rotatable bonds is 4. The number of anilines is 1. The van der Waals surface area contributed by atoms with Crippen LogP contribution in [0.15, 0.2) is 22.7 Å². The molecule has 2 N–H and O–H groups in total. The highest BCUT2D eigenvalue weighted by Crippen LogP contribution is 2.33. The van der Waals surface area contributed by atoms with Crippen molar-refractivity contribution in [1.29, 1.82) is 0 Å². The number of halogens is 1. The van der Waals surface area contributed by atoms with Gasteiger partial charge in [0.15, 0.2) is 0 Å². The SMILES string of the molecule is Nc1ccc(Br)c(C(=O)N(CC2CCCCC2)C2CC2)c1. The molecule has 1 aromatic rings. The predicted octanol–water partition coefficient (Wildman–Crippen LogP) is 4.22. The third-order valence-corrected chi connectivity index (χ3v) is 5.34. The topological polar surface area (TPSA) is 46.3 Å². The molecule has 1 aromatic carbocycles. The molecule has 0 saturated heterocycles. The van der Waals surface area contributed by atoms with Crippen molar-refractivity contribution in [2.45, 2.75) is 51.0 Å². The lowest BCUT2D eigenvalue weighted by atomic mass is 9.88. The van der Waals surface area contributed by atoms with Crippen molar-refractivity contribution in [3.63, 3.8) is 0 Å². The van der Waals surface area contributed by atoms with Crippen LogP contribution in [0.5, 0.6) is 0 Å². The first-order valence-corrected chi connectivity index (χ1v) is 8.80. The van der Waals surface area contributed by atoms with Gasteiger partial charge in [-0.25, -0.2) is 0 Å². The minimum Gasteiger partial charge on any atom is -0.399 e. The Morgan fingerprint density at radius 2 is 1.90 bits per heavy atom. The Kier molecular flexibility index (Phi) is 4.53. The van der Waals surface area contributed by atoms with Crippen LogP contribution < -0.4 is 5.73 Å². The molecule has 0 unspecified atom stereocenters. The van der Waals surface area contributed by atoms with Gasteiger partial charge in [-0.1, -0.05) is 19.3 Å². The highest BCUT2D eigenvalue weighted by molar-refractivity contribution is 9.10. The molecule has 2 fully saturated rings. The van der Waals surface area contributed by atoms with Gasteiger partial charge in [0.25, 0.3) is 5.91 Å². The molecule has 2 aliphatic rings. The van der Waals surface area contributed by atoms with E-state index in [1.807, 2.05) is 12.1 Å². The normalized spacial score (nSPS) is 19.5. The zero-order valence-electron chi connectivity index (χ0n) is 12.4. The fourth-order valence-electron chi connectivity index (χ4n) is 3.29. The zero-order chi connectivity index (χ0) is 14.8. The Bertz CT molecular complexity index is 522. The minimum absolute atomic E-state index is 0.141. The summed E-state index contributed by atoms with van der Waals surface area (Å²) in [5.41, 5.74) is 7.20. The number of nitrogen functional groups attached to an aromatic ring is 1. The van der Waals surface area contributed by atoms with Gasteiger partial charge in [0, 0.05) is 22.7 Å². The summed E-state index contributed by atoms with van der Waals surface area (Å²) in [6.45, 7) is 0.921. The van der Waals surface area contributed by atoms with Gasteiger partial charge >= 0.3 is 0 Å². The maximum Gasteiger partial charge on any atom is 0.255 e. The molecule has 4 heteroatoms. The van der Waals surface area contributed by atoms with E-state index in [-0.39, 0.29) is 5.91 Å². The lowest BCUT2D eigenvalue weighted by Gasteiger charge is -2.30. The van der Waals surface area contributed by atoms with Crippen molar-refractivity contribution in [2.75, 3.05) is 12.3 Å². The molecule has 0 radical (unpaired) electrons. The van der Waals surface area contributed by atoms with Crippen molar-refractivity contribution in [2.24, 2.45) is 5.92 Å². The highest BCUT2D eigenvalue weighted by Gasteiger charge is 2.35. The fourth-order valence-corrected chi connectivity index (χ4v) is 3.71. The predicted molar refractivity (Wildman–Crippen MR) is 89.2 cm³/mol. The van der Waals surface area contributed by atoms with Crippen molar-refractivity contribution >= 4 is 27.5 Å². The first-order valence-electron chi connectivity index (χ1n) is 8.01. The summed E-state index contributed by atoms with van der Waals surface area (Å²) >= 11 is 3.49. The van der Waals surface area contributed by atoms with Crippen LogP contribution in [0.3, 0.4) is 0 Å². The molecule has 0 atom stereocenters. The van der Waals surface area contributed by atoms with Crippen LogP contribution in [0, 0.1) is 5.92 Å². The number of nitrogens with zero attached hydrogens (tertiary/aromatic N) is 1. The first-order chi connectivity index (χ1) is 10.1. The van der Waals surface area contributed by atoms with Gasteiger partial charge in [0.1, 0.15) is 0 Å². The number of hydrogen-bond acceptors (Lipinski definition) is 2. The molecule has 0 bridgehead atoms. The highest BCUT2D eigenvalue weighted by atomic mass is 79.9. The maximum atomic E-state index is 12.9. The Morgan fingerprint density at radius 1 is 1.19 bits per heavy atom. The second kappa shape index (κ2) is 6.39. The number of benzene rings is 1. The van der Waals surface area contributed by atoms with Gasteiger partial charge in [-0.05, 0) is 65.7 Å². The summed E-state index contributed by atoms with van der Waals surface area (Å²) in [5.74, 6) is 0.824. The van der Waals surface area contributed by atoms with Crippen molar-refractivity contribution < 1.29 is 4.79 Å². The number of amides is 1. The van der Waals surface area contributed by atoms with Gasteiger partial charge < -0.3 is 10.6 Å². The van der Waals surface area contributed by atoms with Crippen molar-refractivity contribution in [3.8, 4) is 0 Å². The molecule has 0 spiro atoms. The molecular weight excluding hydrogens is 328 g/mol. The second-order valence-electron chi connectivity index (χ2n) is 6.43. The van der Waals surface area contributed by atoms with E-state index in [9.17, 15) is 4.79 Å². The Morgan fingerprint density at radius 3 is 2.57 bits per heavy atom. The summed E-state index contributed by atoms with van der Waals surface area (Å²) in [6.07, 6.45) is 8.84. The first kappa shape index (κ1) is 14.9. The summed E-state index contributed by atoms with van der Waals surface area (Å²) in [5, 5.41) is 0. The molecular formula is C17H23BrN2O. The smallest absolute Gasteiger partial charge is 0.255 e. The van der Waals surface area contributed by atoms with Crippen LogP contribution in [-0.4, -0.2) is 23.4 Å². The van der Waals surface area contributed by atoms with E-state index in [4.69, 9.17) is 5.73 Å². The molecule has 0 heterocycles. The van der Waals surface area contributed by atoms with Gasteiger partial charge in [0.05, 0.1) is 5.56 Å². The quantitative estimate of drug-likeness (QED) is 0.826. The van der Waals surface area contributed by atoms with E-state index in [0.29, 0.717) is 23.2 Å². The molecule has 2 aliphatic carbocycles. The summed E-state index contributed by atoms with van der Waals surface area (Å²) in [4.78, 5) is 15.0. The largest absolute Gasteiger partial charge is 0.399 e. The monoisotopic (exact) mass is 350 g/mol. The lowest BCUT2D eigenvalue weighted by Crippen LogP contribution is -2.38. The van der Waals surface area contributed by atoms with Crippen molar-refractivity contribution in [3.05, 3.63) is 28.2 Å². The second-order valence-corrected chi connectivity index (χ2v) is 7.29. The maximum absolute atomic E-state index is 12.9. The van der Waals surface area contributed by atoms with Crippen LogP contribution in [0.2, 0.25) is 0 Å². The molecule has 0 aromatic heterocycles. The van der Waals surface area contributed by atoms with E-state index in [1.165, 1.54) is 32.1 Å². The molecule has 3 rings (SSSR count). The third-order valence-electron chi connectivity index (χ3n) is 4.65. The molecule has 0 aliphatic heterocycles. The van der Waals surface area contributed by atoms with E-state index < -0.39 is 0 Å². The van der Waals surface area contributed by atoms with Gasteiger partial charge in [-0.15, -0.1) is 0 Å². The molecule has 114 valence electrons. The number of carbonyl (C=O) groups excluding carboxylic acids is 1. The fraction of sp³-hybridized carbons (Fsp3) is 0.588. The average molecular weight is 351 g/mol. The number of nitrogens with two attached hydrogens (primary N) is 1. The molecule has 21 heavy (non-hydrogen) atoms. The molecule has 2 saturated carbocycles. The molecule has 1 amide bonds. The van der Waals surface area contributed by atoms with Crippen molar-refractivity contribution in [1.82, 2.24) is 4.90 Å². The van der Waals surface area contributed by atoms with Crippen LogP contribution in [0.4, 0.5) is 5.69 Å². The third kappa shape index (κ3) is 3.60. The van der Waals surface area contributed by atoms with E-state index in [0.717, 1.165) is 23.9 Å². The molecule has 3 nitrogen and oxygen atoms in total. The van der Waals surface area contributed by atoms with Gasteiger partial charge in [-0.3, -0.25) is 4.79 Å². The van der Waals surface area contributed by atoms with Crippen LogP contribution in [0.25, 0.3) is 0 Å². The van der Waals surface area contributed by atoms with Crippen LogP contribution >= 0.6 is 15.9 Å². The minimum atomic E-state index is 0.141. The van der Waals surface area contributed by atoms with E-state index in [2.05, 4.69) is 20.8 Å². The number of hydrogen-bond donors (Lipinski definition) is 1. The zero-order valence-corrected chi connectivity index (χ0v) is 13.9. The van der Waals surface area contributed by atoms with Gasteiger partial charge in [-0.2, -0.15) is 0 Å². The summed E-state index contributed by atoms with van der Waals surface area (Å²) in [7, 11) is 0. The standard InChI is InChI=1S/C17H23BrN2O/c18-16-9-6-13(19)10-15(16)17(21)20(14-7-8-14)11-12-4-2-1-3-5-12/h6,9-10,12,14H,1-5,7-8,11,19H2. The summed E-state index contributed by atoms with van der Waals surface area (Å²) in [6, 6.07) is 5.94. The van der Waals surface area contributed by atoms with Crippen LogP contribution in [0.1, 0.15) is 55.3 Å². The van der Waals surface area contributed by atoms with E-state index >= 15 is 0 Å². The number of carbonyl (C=O) groups is 1. The average Bonchev–Trinajstić information content (AvgIpc) is 3.32. The van der Waals surface area contributed by atoms with Gasteiger partial charge in [0.2, 0.25) is 0 Å². The van der Waals surface area contributed by atoms with Crippen LogP contribution in [-0.2, 0) is 0 Å². The summed E-state index contributed by atoms with van der Waals surface area (Å²) < 4.78 is 0.844. The Labute approximate surface area is 135 Å². The lowest BCUT2D eigenvalue weighted by molar-refractivity contribution is 0.0698. The Hall–Kier alpha value is -1.03. The Balaban J connectivity index is 1.76. The van der Waals surface area contributed by atoms with E-state index in [1.54, 1.807) is 6.07 Å².